The van der Waals surface area contributed by atoms with Crippen molar-refractivity contribution in [1.29, 1.82) is 0 Å². The summed E-state index contributed by atoms with van der Waals surface area (Å²) >= 11 is 4.91. The van der Waals surface area contributed by atoms with Crippen LogP contribution in [0.15, 0.2) is 4.99 Å². The van der Waals surface area contributed by atoms with Crippen LogP contribution in [-0.4, -0.2) is 10.7 Å². The van der Waals surface area contributed by atoms with E-state index in [1.165, 1.54) is 25.7 Å². The Bertz CT molecular complexity index is 409. The molecule has 3 rings (SSSR count). The molecule has 0 aromatic heterocycles. The van der Waals surface area contributed by atoms with Crippen molar-refractivity contribution < 1.29 is 0 Å². The molecule has 0 radical (unpaired) electrons. The molecule has 2 heteroatoms. The fourth-order valence-corrected chi connectivity index (χ4v) is 5.74. The van der Waals surface area contributed by atoms with Gasteiger partial charge in [-0.25, -0.2) is 4.99 Å². The SMILES string of the molecule is C[C@H]1CC[C@@H]2[C@H]1[C@@H]1[C@H](CC[C@@]2(C)N=C=S)C1(C)C. The molecule has 3 fully saturated rings. The molecule has 18 heavy (non-hydrogen) atoms. The van der Waals surface area contributed by atoms with Gasteiger partial charge in [0.1, 0.15) is 0 Å². The molecule has 0 spiro atoms. The van der Waals surface area contributed by atoms with Crippen molar-refractivity contribution in [2.24, 2.45) is 40.0 Å². The Kier molecular flexibility index (Phi) is 2.78. The number of hydrogen-bond donors (Lipinski definition) is 0. The summed E-state index contributed by atoms with van der Waals surface area (Å²) in [5.74, 6) is 4.39. The summed E-state index contributed by atoms with van der Waals surface area (Å²) < 4.78 is 0. The first-order valence-electron chi connectivity index (χ1n) is 7.51. The van der Waals surface area contributed by atoms with Crippen molar-refractivity contribution in [1.82, 2.24) is 0 Å². The first-order valence-corrected chi connectivity index (χ1v) is 7.91. The maximum atomic E-state index is 4.91. The van der Waals surface area contributed by atoms with Gasteiger partial charge in [-0.3, -0.25) is 0 Å². The van der Waals surface area contributed by atoms with Crippen LogP contribution in [0.25, 0.3) is 0 Å². The van der Waals surface area contributed by atoms with Crippen LogP contribution in [0.4, 0.5) is 0 Å². The third-order valence-electron chi connectivity index (χ3n) is 6.67. The summed E-state index contributed by atoms with van der Waals surface area (Å²) in [7, 11) is 0. The minimum Gasteiger partial charge on any atom is -0.226 e. The minimum atomic E-state index is 0.0840. The first-order chi connectivity index (χ1) is 8.42. The predicted octanol–water partition coefficient (Wildman–Crippen LogP) is 4.58. The van der Waals surface area contributed by atoms with Crippen LogP contribution in [0.2, 0.25) is 0 Å². The number of nitrogens with zero attached hydrogens (tertiary/aromatic N) is 1. The zero-order chi connectivity index (χ0) is 13.1. The topological polar surface area (TPSA) is 12.4 Å². The van der Waals surface area contributed by atoms with Gasteiger partial charge in [-0.1, -0.05) is 27.2 Å². The molecule has 3 aliphatic carbocycles. The van der Waals surface area contributed by atoms with Crippen LogP contribution in [0.5, 0.6) is 0 Å². The van der Waals surface area contributed by atoms with E-state index in [0.717, 1.165) is 29.6 Å². The number of aliphatic imine (C=N–C) groups is 1. The van der Waals surface area contributed by atoms with Crippen molar-refractivity contribution >= 4 is 17.4 Å². The van der Waals surface area contributed by atoms with Gasteiger partial charge in [0.15, 0.2) is 0 Å². The Morgan fingerprint density at radius 3 is 2.50 bits per heavy atom. The third kappa shape index (κ3) is 1.58. The summed E-state index contributed by atoms with van der Waals surface area (Å²) in [5, 5.41) is 2.69. The van der Waals surface area contributed by atoms with Crippen molar-refractivity contribution in [3.8, 4) is 0 Å². The first kappa shape index (κ1) is 12.8. The Balaban J connectivity index is 1.97. The molecule has 100 valence electrons. The molecule has 3 saturated carbocycles. The van der Waals surface area contributed by atoms with E-state index in [1.54, 1.807) is 0 Å². The van der Waals surface area contributed by atoms with Crippen LogP contribution in [-0.2, 0) is 0 Å². The van der Waals surface area contributed by atoms with E-state index in [2.05, 4.69) is 37.8 Å². The Labute approximate surface area is 116 Å². The van der Waals surface area contributed by atoms with Crippen LogP contribution in [0.1, 0.15) is 53.4 Å². The molecule has 0 N–H and O–H groups in total. The zero-order valence-electron chi connectivity index (χ0n) is 12.1. The Morgan fingerprint density at radius 1 is 1.11 bits per heavy atom. The number of thiocarbonyl (C=S) groups is 1. The lowest BCUT2D eigenvalue weighted by Gasteiger charge is -2.35. The molecule has 0 aromatic rings. The van der Waals surface area contributed by atoms with E-state index < -0.39 is 0 Å². The second-order valence-electron chi connectivity index (χ2n) is 7.79. The van der Waals surface area contributed by atoms with Gasteiger partial charge in [-0.05, 0) is 73.4 Å². The lowest BCUT2D eigenvalue weighted by Crippen LogP contribution is -2.36. The van der Waals surface area contributed by atoms with Gasteiger partial charge in [-0.15, -0.1) is 0 Å². The molecule has 1 nitrogen and oxygen atoms in total. The molecule has 0 bridgehead atoms. The molecular weight excluding hydrogens is 238 g/mol. The maximum Gasteiger partial charge on any atom is 0.0713 e. The molecular formula is C16H25NS. The normalized spacial score (nSPS) is 52.8. The second-order valence-corrected chi connectivity index (χ2v) is 7.97. The largest absolute Gasteiger partial charge is 0.226 e. The molecule has 0 amide bonds. The molecule has 3 aliphatic rings. The third-order valence-corrected chi connectivity index (χ3v) is 6.76. The van der Waals surface area contributed by atoms with Gasteiger partial charge < -0.3 is 0 Å². The fourth-order valence-electron chi connectivity index (χ4n) is 5.53. The minimum absolute atomic E-state index is 0.0840. The quantitative estimate of drug-likeness (QED) is 0.498. The van der Waals surface area contributed by atoms with Crippen LogP contribution >= 0.6 is 12.2 Å². The number of isothiocyanates is 1. The van der Waals surface area contributed by atoms with Gasteiger partial charge in [-0.2, -0.15) is 0 Å². The van der Waals surface area contributed by atoms with E-state index in [-0.39, 0.29) is 5.54 Å². The number of fused-ring (bicyclic) bond motifs is 3. The summed E-state index contributed by atoms with van der Waals surface area (Å²) in [5.41, 5.74) is 0.672. The van der Waals surface area contributed by atoms with Crippen molar-refractivity contribution in [2.75, 3.05) is 0 Å². The number of hydrogen-bond acceptors (Lipinski definition) is 2. The molecule has 0 saturated heterocycles. The molecule has 0 aliphatic heterocycles. The highest BCUT2D eigenvalue weighted by atomic mass is 32.1. The Hall–Kier alpha value is -0.200. The standard InChI is InChI=1S/C16H25NS/c1-10-5-6-11-13(10)14-12(15(14,2)3)7-8-16(11,4)17-9-18/h10-14H,5-8H2,1-4H3/t10-,11+,12-,13-,14-,16+/m0/s1. The van der Waals surface area contributed by atoms with E-state index in [1.807, 2.05) is 0 Å². The molecule has 0 unspecified atom stereocenters. The summed E-state index contributed by atoms with van der Waals surface area (Å²) in [6, 6.07) is 0. The highest BCUT2D eigenvalue weighted by molar-refractivity contribution is 7.78. The average Bonchev–Trinajstić information content (AvgIpc) is 2.65. The van der Waals surface area contributed by atoms with Gasteiger partial charge >= 0.3 is 0 Å². The lowest BCUT2D eigenvalue weighted by atomic mass is 9.73. The van der Waals surface area contributed by atoms with E-state index in [9.17, 15) is 0 Å². The monoisotopic (exact) mass is 263 g/mol. The smallest absolute Gasteiger partial charge is 0.0713 e. The second kappa shape index (κ2) is 3.90. The summed E-state index contributed by atoms with van der Waals surface area (Å²) in [4.78, 5) is 4.62. The van der Waals surface area contributed by atoms with Crippen LogP contribution in [0, 0.1) is 35.0 Å². The molecule has 6 atom stereocenters. The van der Waals surface area contributed by atoms with Crippen LogP contribution < -0.4 is 0 Å². The summed E-state index contributed by atoms with van der Waals surface area (Å²) in [6.07, 6.45) is 5.29. The van der Waals surface area contributed by atoms with Crippen molar-refractivity contribution in [2.45, 2.75) is 58.9 Å². The van der Waals surface area contributed by atoms with Crippen molar-refractivity contribution in [3.63, 3.8) is 0 Å². The van der Waals surface area contributed by atoms with E-state index in [0.29, 0.717) is 5.41 Å². The number of rotatable bonds is 1. The van der Waals surface area contributed by atoms with E-state index in [4.69, 9.17) is 12.2 Å². The highest BCUT2D eigenvalue weighted by Crippen LogP contribution is 2.71. The zero-order valence-corrected chi connectivity index (χ0v) is 12.9. The maximum absolute atomic E-state index is 4.91. The van der Waals surface area contributed by atoms with Gasteiger partial charge in [0, 0.05) is 0 Å². The van der Waals surface area contributed by atoms with E-state index >= 15 is 0 Å². The fraction of sp³-hybridized carbons (Fsp3) is 0.938. The van der Waals surface area contributed by atoms with Crippen molar-refractivity contribution in [3.05, 3.63) is 0 Å². The van der Waals surface area contributed by atoms with Gasteiger partial charge in [0.2, 0.25) is 0 Å². The Morgan fingerprint density at radius 2 is 1.83 bits per heavy atom. The average molecular weight is 263 g/mol. The summed E-state index contributed by atoms with van der Waals surface area (Å²) in [6.45, 7) is 9.76. The van der Waals surface area contributed by atoms with Gasteiger partial charge in [0.05, 0.1) is 10.7 Å². The lowest BCUT2D eigenvalue weighted by molar-refractivity contribution is 0.176. The highest BCUT2D eigenvalue weighted by Gasteiger charge is 2.66. The molecule has 0 aromatic carbocycles. The molecule has 0 heterocycles. The van der Waals surface area contributed by atoms with Gasteiger partial charge in [0.25, 0.3) is 0 Å². The predicted molar refractivity (Wildman–Crippen MR) is 78.8 cm³/mol. The van der Waals surface area contributed by atoms with Crippen LogP contribution in [0.3, 0.4) is 0 Å².